The minimum atomic E-state index is -3.26. The quantitative estimate of drug-likeness (QED) is 0.616. The van der Waals surface area contributed by atoms with Crippen LogP contribution < -0.4 is 9.47 Å². The summed E-state index contributed by atoms with van der Waals surface area (Å²) in [5, 5.41) is 0. The van der Waals surface area contributed by atoms with Crippen LogP contribution in [0.5, 0.6) is 11.5 Å². The fourth-order valence-electron chi connectivity index (χ4n) is 1.72. The van der Waals surface area contributed by atoms with Crippen LogP contribution in [0.15, 0.2) is 23.1 Å². The molecule has 0 saturated heterocycles. The first-order valence-corrected chi connectivity index (χ1v) is 8.00. The molecule has 18 heavy (non-hydrogen) atoms. The van der Waals surface area contributed by atoms with Gasteiger partial charge in [-0.05, 0) is 25.0 Å². The molecule has 1 aromatic carbocycles. The van der Waals surface area contributed by atoms with Gasteiger partial charge in [-0.1, -0.05) is 0 Å². The summed E-state index contributed by atoms with van der Waals surface area (Å²) in [6, 6.07) is 4.73. The van der Waals surface area contributed by atoms with Gasteiger partial charge in [-0.25, -0.2) is 8.42 Å². The van der Waals surface area contributed by atoms with Gasteiger partial charge in [0.05, 0.1) is 10.6 Å². The highest BCUT2D eigenvalue weighted by atomic mass is 35.5. The Hall–Kier alpha value is -0.940. The minimum absolute atomic E-state index is 0.110. The zero-order valence-electron chi connectivity index (χ0n) is 9.89. The lowest BCUT2D eigenvalue weighted by Gasteiger charge is -2.18. The molecule has 0 aromatic heterocycles. The lowest BCUT2D eigenvalue weighted by Crippen LogP contribution is -2.16. The average Bonchev–Trinajstić information content (AvgIpc) is 2.38. The van der Waals surface area contributed by atoms with Crippen molar-refractivity contribution in [2.75, 3.05) is 24.8 Å². The average molecular weight is 291 g/mol. The van der Waals surface area contributed by atoms with E-state index in [1.165, 1.54) is 6.07 Å². The van der Waals surface area contributed by atoms with Crippen molar-refractivity contribution in [2.24, 2.45) is 0 Å². The molecule has 100 valence electrons. The number of benzene rings is 1. The Kier molecular flexibility index (Phi) is 4.35. The number of hydrogen-bond acceptors (Lipinski definition) is 4. The van der Waals surface area contributed by atoms with Crippen LogP contribution in [0, 0.1) is 0 Å². The monoisotopic (exact) mass is 290 g/mol. The van der Waals surface area contributed by atoms with Gasteiger partial charge in [0.15, 0.2) is 21.3 Å². The lowest BCUT2D eigenvalue weighted by molar-refractivity contribution is 0.171. The third-order valence-electron chi connectivity index (χ3n) is 2.67. The number of fused-ring (bicyclic) bond motifs is 1. The summed E-state index contributed by atoms with van der Waals surface area (Å²) in [7, 11) is -3.26. The molecule has 1 aromatic rings. The van der Waals surface area contributed by atoms with Gasteiger partial charge in [-0.3, -0.25) is 0 Å². The molecule has 0 bridgehead atoms. The molecule has 2 rings (SSSR count). The molecule has 6 heteroatoms. The minimum Gasteiger partial charge on any atom is -0.486 e. The van der Waals surface area contributed by atoms with Gasteiger partial charge in [-0.15, -0.1) is 11.6 Å². The van der Waals surface area contributed by atoms with E-state index in [0.29, 0.717) is 43.4 Å². The van der Waals surface area contributed by atoms with Gasteiger partial charge in [0.25, 0.3) is 0 Å². The predicted octanol–water partition coefficient (Wildman–Crippen LogP) is 2.25. The van der Waals surface area contributed by atoms with E-state index in [4.69, 9.17) is 21.1 Å². The molecule has 0 fully saturated rings. The maximum Gasteiger partial charge on any atom is 0.178 e. The van der Waals surface area contributed by atoms with Crippen LogP contribution in [0.2, 0.25) is 0 Å². The second kappa shape index (κ2) is 5.80. The molecule has 0 atom stereocenters. The normalized spacial score (nSPS) is 14.5. The summed E-state index contributed by atoms with van der Waals surface area (Å²) in [6.45, 7) is 0.942. The second-order valence-electron chi connectivity index (χ2n) is 4.02. The van der Waals surface area contributed by atoms with Gasteiger partial charge in [0.1, 0.15) is 13.2 Å². The molecule has 0 saturated carbocycles. The van der Waals surface area contributed by atoms with E-state index in [-0.39, 0.29) is 10.6 Å². The number of hydrogen-bond donors (Lipinski definition) is 0. The first kappa shape index (κ1) is 13.5. The van der Waals surface area contributed by atoms with Crippen LogP contribution in [-0.2, 0) is 9.84 Å². The molecular formula is C12H15ClO4S. The number of halogens is 1. The van der Waals surface area contributed by atoms with Gasteiger partial charge in [-0.2, -0.15) is 0 Å². The first-order valence-electron chi connectivity index (χ1n) is 5.82. The summed E-state index contributed by atoms with van der Waals surface area (Å²) in [4.78, 5) is 0.279. The largest absolute Gasteiger partial charge is 0.486 e. The van der Waals surface area contributed by atoms with E-state index in [1.807, 2.05) is 0 Å². The van der Waals surface area contributed by atoms with Crippen molar-refractivity contribution < 1.29 is 17.9 Å². The molecule has 1 aliphatic rings. The van der Waals surface area contributed by atoms with E-state index in [0.717, 1.165) is 0 Å². The van der Waals surface area contributed by atoms with Crippen molar-refractivity contribution in [3.63, 3.8) is 0 Å². The van der Waals surface area contributed by atoms with E-state index in [2.05, 4.69) is 0 Å². The SMILES string of the molecule is O=S(=O)(CCCCCl)c1ccc2c(c1)OCCO2. The Morgan fingerprint density at radius 1 is 1.11 bits per heavy atom. The highest BCUT2D eigenvalue weighted by Crippen LogP contribution is 2.32. The van der Waals surface area contributed by atoms with Crippen LogP contribution in [0.3, 0.4) is 0 Å². The van der Waals surface area contributed by atoms with Gasteiger partial charge < -0.3 is 9.47 Å². The maximum atomic E-state index is 12.1. The summed E-state index contributed by atoms with van der Waals surface area (Å²) in [6.07, 6.45) is 1.27. The van der Waals surface area contributed by atoms with Crippen molar-refractivity contribution in [3.8, 4) is 11.5 Å². The molecule has 0 radical (unpaired) electrons. The Balaban J connectivity index is 2.17. The number of alkyl halides is 1. The fourth-order valence-corrected chi connectivity index (χ4v) is 3.29. The molecule has 0 aliphatic carbocycles. The van der Waals surface area contributed by atoms with E-state index < -0.39 is 9.84 Å². The van der Waals surface area contributed by atoms with Crippen molar-refractivity contribution in [1.82, 2.24) is 0 Å². The van der Waals surface area contributed by atoms with Crippen LogP contribution in [0.1, 0.15) is 12.8 Å². The Morgan fingerprint density at radius 2 is 1.83 bits per heavy atom. The van der Waals surface area contributed by atoms with Crippen molar-refractivity contribution in [1.29, 1.82) is 0 Å². The molecule has 0 unspecified atom stereocenters. The third kappa shape index (κ3) is 3.09. The van der Waals surface area contributed by atoms with Crippen molar-refractivity contribution >= 4 is 21.4 Å². The second-order valence-corrected chi connectivity index (χ2v) is 6.51. The Bertz CT molecular complexity index is 513. The summed E-state index contributed by atoms with van der Waals surface area (Å²) >= 11 is 5.54. The summed E-state index contributed by atoms with van der Waals surface area (Å²) in [5.74, 6) is 1.69. The predicted molar refractivity (Wildman–Crippen MR) is 69.4 cm³/mol. The van der Waals surface area contributed by atoms with Crippen molar-refractivity contribution in [3.05, 3.63) is 18.2 Å². The Labute approximate surface area is 112 Å². The van der Waals surface area contributed by atoms with E-state index in [1.54, 1.807) is 12.1 Å². The number of unbranched alkanes of at least 4 members (excludes halogenated alkanes) is 1. The zero-order chi connectivity index (χ0) is 13.0. The zero-order valence-corrected chi connectivity index (χ0v) is 11.5. The van der Waals surface area contributed by atoms with Crippen molar-refractivity contribution in [2.45, 2.75) is 17.7 Å². The summed E-state index contributed by atoms with van der Waals surface area (Å²) in [5.41, 5.74) is 0. The molecule has 1 heterocycles. The lowest BCUT2D eigenvalue weighted by atomic mass is 10.3. The Morgan fingerprint density at radius 3 is 2.56 bits per heavy atom. The summed E-state index contributed by atoms with van der Waals surface area (Å²) < 4.78 is 34.8. The third-order valence-corrected chi connectivity index (χ3v) is 4.74. The van der Waals surface area contributed by atoms with Crippen LogP contribution in [-0.4, -0.2) is 33.3 Å². The smallest absolute Gasteiger partial charge is 0.178 e. The maximum absolute atomic E-state index is 12.1. The topological polar surface area (TPSA) is 52.6 Å². The van der Waals surface area contributed by atoms with E-state index in [9.17, 15) is 8.42 Å². The van der Waals surface area contributed by atoms with Crippen LogP contribution in [0.25, 0.3) is 0 Å². The van der Waals surface area contributed by atoms with Gasteiger partial charge in [0.2, 0.25) is 0 Å². The number of ether oxygens (including phenoxy) is 2. The highest BCUT2D eigenvalue weighted by molar-refractivity contribution is 7.91. The molecule has 0 spiro atoms. The molecule has 0 N–H and O–H groups in total. The number of sulfone groups is 1. The molecule has 0 amide bonds. The van der Waals surface area contributed by atoms with Crippen LogP contribution >= 0.6 is 11.6 Å². The molecule has 4 nitrogen and oxygen atoms in total. The number of rotatable bonds is 5. The van der Waals surface area contributed by atoms with Gasteiger partial charge >= 0.3 is 0 Å². The first-order chi connectivity index (χ1) is 8.63. The van der Waals surface area contributed by atoms with Gasteiger partial charge in [0, 0.05) is 11.9 Å². The van der Waals surface area contributed by atoms with E-state index >= 15 is 0 Å². The van der Waals surface area contributed by atoms with Crippen LogP contribution in [0.4, 0.5) is 0 Å². The molecule has 1 aliphatic heterocycles. The fraction of sp³-hybridized carbons (Fsp3) is 0.500. The standard InChI is InChI=1S/C12H15ClO4S/c13-5-1-2-8-18(14,15)10-3-4-11-12(9-10)17-7-6-16-11/h3-4,9H,1-2,5-8H2. The molecular weight excluding hydrogens is 276 g/mol. The highest BCUT2D eigenvalue weighted by Gasteiger charge is 2.18.